The lowest BCUT2D eigenvalue weighted by molar-refractivity contribution is -0.139. The van der Waals surface area contributed by atoms with Gasteiger partial charge in [-0.25, -0.2) is 8.42 Å². The van der Waals surface area contributed by atoms with Crippen molar-refractivity contribution < 1.29 is 22.7 Å². The number of halogens is 1. The molecule has 2 aromatic carbocycles. The molecule has 0 aromatic heterocycles. The van der Waals surface area contributed by atoms with Crippen LogP contribution in [0.4, 0.5) is 5.69 Å². The third-order valence-electron chi connectivity index (χ3n) is 4.86. The molecule has 2 rings (SSSR count). The first kappa shape index (κ1) is 26.5. The Balaban J connectivity index is 2.40. The predicted molar refractivity (Wildman–Crippen MR) is 130 cm³/mol. The van der Waals surface area contributed by atoms with Crippen molar-refractivity contribution in [3.05, 3.63) is 59.1 Å². The number of methoxy groups -OCH3 is 1. The first-order chi connectivity index (χ1) is 15.4. The maximum absolute atomic E-state index is 13.4. The number of hydrogen-bond donors (Lipinski definition) is 1. The van der Waals surface area contributed by atoms with Crippen LogP contribution in [0.15, 0.2) is 48.5 Å². The number of ether oxygens (including phenoxy) is 1. The lowest BCUT2D eigenvalue weighted by Gasteiger charge is -2.32. The summed E-state index contributed by atoms with van der Waals surface area (Å²) in [6.45, 7) is 4.86. The van der Waals surface area contributed by atoms with E-state index in [2.05, 4.69) is 5.32 Å². The van der Waals surface area contributed by atoms with Crippen molar-refractivity contribution in [2.45, 2.75) is 39.4 Å². The van der Waals surface area contributed by atoms with Crippen LogP contribution in [0, 0.1) is 0 Å². The summed E-state index contributed by atoms with van der Waals surface area (Å²) in [5, 5.41) is 3.29. The number of carbonyl (C=O) groups is 2. The molecule has 0 aliphatic rings. The van der Waals surface area contributed by atoms with Crippen LogP contribution in [0.3, 0.4) is 0 Å². The van der Waals surface area contributed by atoms with Crippen molar-refractivity contribution >= 4 is 39.1 Å². The summed E-state index contributed by atoms with van der Waals surface area (Å²) < 4.78 is 31.3. The van der Waals surface area contributed by atoms with Crippen LogP contribution in [0.5, 0.6) is 5.75 Å². The molecule has 0 saturated carbocycles. The molecule has 2 amide bonds. The second-order valence-corrected chi connectivity index (χ2v) is 10.3. The van der Waals surface area contributed by atoms with E-state index in [0.29, 0.717) is 16.3 Å². The molecule has 0 aliphatic heterocycles. The fourth-order valence-corrected chi connectivity index (χ4v) is 4.25. The zero-order valence-electron chi connectivity index (χ0n) is 19.4. The van der Waals surface area contributed by atoms with Gasteiger partial charge < -0.3 is 15.0 Å². The normalized spacial score (nSPS) is 12.2. The Morgan fingerprint density at radius 2 is 1.76 bits per heavy atom. The fourth-order valence-electron chi connectivity index (χ4n) is 3.20. The van der Waals surface area contributed by atoms with Gasteiger partial charge in [0.15, 0.2) is 0 Å². The van der Waals surface area contributed by atoms with E-state index < -0.39 is 28.5 Å². The van der Waals surface area contributed by atoms with Crippen LogP contribution in [0.1, 0.15) is 26.3 Å². The minimum atomic E-state index is -3.81. The van der Waals surface area contributed by atoms with Crippen LogP contribution in [-0.2, 0) is 26.2 Å². The van der Waals surface area contributed by atoms with Crippen molar-refractivity contribution in [3.63, 3.8) is 0 Å². The molecule has 1 atom stereocenters. The van der Waals surface area contributed by atoms with Crippen LogP contribution < -0.4 is 14.4 Å². The first-order valence-electron chi connectivity index (χ1n) is 10.4. The van der Waals surface area contributed by atoms with Crippen molar-refractivity contribution in [1.82, 2.24) is 10.2 Å². The molecule has 8 nitrogen and oxygen atoms in total. The monoisotopic (exact) mass is 495 g/mol. The van der Waals surface area contributed by atoms with Crippen molar-refractivity contribution in [2.24, 2.45) is 0 Å². The maximum atomic E-state index is 13.4. The number of anilines is 1. The molecule has 1 N–H and O–H groups in total. The van der Waals surface area contributed by atoms with E-state index in [1.165, 1.54) is 18.1 Å². The minimum absolute atomic E-state index is 0.0851. The summed E-state index contributed by atoms with van der Waals surface area (Å²) in [6.07, 6.45) is 1.02. The van der Waals surface area contributed by atoms with Crippen LogP contribution in [-0.4, -0.2) is 57.1 Å². The van der Waals surface area contributed by atoms with Crippen molar-refractivity contribution in [3.8, 4) is 5.75 Å². The highest BCUT2D eigenvalue weighted by Crippen LogP contribution is 2.24. The Morgan fingerprint density at radius 3 is 2.33 bits per heavy atom. The second kappa shape index (κ2) is 11.4. The fraction of sp³-hybridized carbons (Fsp3) is 0.391. The Kier molecular flexibility index (Phi) is 9.13. The molecular weight excluding hydrogens is 466 g/mol. The van der Waals surface area contributed by atoms with E-state index >= 15 is 0 Å². The van der Waals surface area contributed by atoms with Crippen LogP contribution in [0.2, 0.25) is 5.02 Å². The molecule has 0 fully saturated rings. The van der Waals surface area contributed by atoms with Gasteiger partial charge in [0.05, 0.1) is 19.1 Å². The smallest absolute Gasteiger partial charge is 0.244 e. The number of nitrogens with one attached hydrogen (secondary N) is 1. The third-order valence-corrected chi connectivity index (χ3v) is 6.24. The quantitative estimate of drug-likeness (QED) is 0.546. The zero-order valence-corrected chi connectivity index (χ0v) is 21.0. The highest BCUT2D eigenvalue weighted by molar-refractivity contribution is 7.92. The van der Waals surface area contributed by atoms with Gasteiger partial charge in [-0.05, 0) is 50.6 Å². The van der Waals surface area contributed by atoms with Gasteiger partial charge in [0, 0.05) is 23.7 Å². The average Bonchev–Trinajstić information content (AvgIpc) is 2.74. The average molecular weight is 496 g/mol. The molecule has 180 valence electrons. The van der Waals surface area contributed by atoms with Crippen LogP contribution >= 0.6 is 11.6 Å². The highest BCUT2D eigenvalue weighted by atomic mass is 35.5. The Hall–Kier alpha value is -2.78. The van der Waals surface area contributed by atoms with Crippen molar-refractivity contribution in [1.29, 1.82) is 0 Å². The molecule has 0 bridgehead atoms. The van der Waals surface area contributed by atoms with Crippen LogP contribution in [0.25, 0.3) is 0 Å². The van der Waals surface area contributed by atoms with E-state index in [-0.39, 0.29) is 24.2 Å². The number of nitrogens with zero attached hydrogens (tertiary/aromatic N) is 2. The maximum Gasteiger partial charge on any atom is 0.244 e. The molecule has 0 aliphatic carbocycles. The predicted octanol–water partition coefficient (Wildman–Crippen LogP) is 3.06. The van der Waals surface area contributed by atoms with Gasteiger partial charge in [-0.3, -0.25) is 13.9 Å². The summed E-state index contributed by atoms with van der Waals surface area (Å²) in [7, 11) is -2.34. The Bertz CT molecular complexity index is 1090. The molecule has 0 heterocycles. The van der Waals surface area contributed by atoms with E-state index in [0.717, 1.165) is 10.6 Å². The molecule has 0 spiro atoms. The number of amides is 2. The SMILES string of the molecule is COc1cccc(N(CC(=O)N(Cc2cccc(Cl)c2)C(C)C(=O)NC(C)C)S(C)(=O)=O)c1. The number of rotatable bonds is 10. The highest BCUT2D eigenvalue weighted by Gasteiger charge is 2.30. The van der Waals surface area contributed by atoms with Gasteiger partial charge in [-0.15, -0.1) is 0 Å². The van der Waals surface area contributed by atoms with E-state index in [4.69, 9.17) is 16.3 Å². The summed E-state index contributed by atoms with van der Waals surface area (Å²) in [5.74, 6) is -0.420. The summed E-state index contributed by atoms with van der Waals surface area (Å²) in [5.41, 5.74) is 1.000. The molecular formula is C23H30ClN3O5S. The number of hydrogen-bond acceptors (Lipinski definition) is 5. The summed E-state index contributed by atoms with van der Waals surface area (Å²) in [4.78, 5) is 27.5. The largest absolute Gasteiger partial charge is 0.497 e. The molecule has 10 heteroatoms. The van der Waals surface area contributed by atoms with Gasteiger partial charge in [-0.1, -0.05) is 29.8 Å². The third kappa shape index (κ3) is 7.64. The second-order valence-electron chi connectivity index (χ2n) is 7.96. The zero-order chi connectivity index (χ0) is 24.8. The van der Waals surface area contributed by atoms with Gasteiger partial charge in [-0.2, -0.15) is 0 Å². The molecule has 0 radical (unpaired) electrons. The van der Waals surface area contributed by atoms with E-state index in [1.807, 2.05) is 13.8 Å². The Morgan fingerprint density at radius 1 is 1.09 bits per heavy atom. The topological polar surface area (TPSA) is 96.0 Å². The minimum Gasteiger partial charge on any atom is -0.497 e. The summed E-state index contributed by atoms with van der Waals surface area (Å²) >= 11 is 6.09. The summed E-state index contributed by atoms with van der Waals surface area (Å²) in [6, 6.07) is 12.4. The van der Waals surface area contributed by atoms with E-state index in [9.17, 15) is 18.0 Å². The van der Waals surface area contributed by atoms with E-state index in [1.54, 1.807) is 49.4 Å². The number of carbonyl (C=O) groups excluding carboxylic acids is 2. The van der Waals surface area contributed by atoms with Gasteiger partial charge in [0.1, 0.15) is 18.3 Å². The van der Waals surface area contributed by atoms with Gasteiger partial charge in [0.25, 0.3) is 0 Å². The standard InChI is InChI=1S/C23H30ClN3O5S/c1-16(2)25-23(29)17(3)26(14-18-8-6-9-19(24)12-18)22(28)15-27(33(5,30)31)20-10-7-11-21(13-20)32-4/h6-13,16-17H,14-15H2,1-5H3,(H,25,29). The molecule has 0 saturated heterocycles. The first-order valence-corrected chi connectivity index (χ1v) is 12.6. The molecule has 1 unspecified atom stereocenters. The number of sulfonamides is 1. The Labute approximate surface area is 200 Å². The lowest BCUT2D eigenvalue weighted by atomic mass is 10.1. The molecule has 2 aromatic rings. The molecule has 33 heavy (non-hydrogen) atoms. The van der Waals surface area contributed by atoms with Gasteiger partial charge >= 0.3 is 0 Å². The lowest BCUT2D eigenvalue weighted by Crippen LogP contribution is -2.52. The number of benzene rings is 2. The van der Waals surface area contributed by atoms with Crippen molar-refractivity contribution in [2.75, 3.05) is 24.2 Å². The van der Waals surface area contributed by atoms with Gasteiger partial charge in [0.2, 0.25) is 21.8 Å².